The van der Waals surface area contributed by atoms with Crippen LogP contribution in [0.15, 0.2) is 23.2 Å². The lowest BCUT2D eigenvalue weighted by molar-refractivity contribution is 0.103. The number of anilines is 1. The molecule has 0 atom stereocenters. The van der Waals surface area contributed by atoms with Gasteiger partial charge in [-0.2, -0.15) is 5.10 Å². The van der Waals surface area contributed by atoms with Crippen molar-refractivity contribution in [3.05, 3.63) is 35.0 Å². The number of aryl methyl sites for hydroxylation is 1. The van der Waals surface area contributed by atoms with E-state index < -0.39 is 31.2 Å². The van der Waals surface area contributed by atoms with E-state index in [1.165, 1.54) is 25.4 Å². The predicted molar refractivity (Wildman–Crippen MR) is 110 cm³/mol. The molecule has 0 aliphatic carbocycles. The van der Waals surface area contributed by atoms with Crippen molar-refractivity contribution in [1.29, 1.82) is 0 Å². The zero-order valence-corrected chi connectivity index (χ0v) is 18.6. The summed E-state index contributed by atoms with van der Waals surface area (Å²) < 4.78 is 50.2. The van der Waals surface area contributed by atoms with Gasteiger partial charge in [-0.05, 0) is 26.0 Å². The average Bonchev–Trinajstić information content (AvgIpc) is 2.93. The quantitative estimate of drug-likeness (QED) is 0.602. The molecule has 1 N–H and O–H groups in total. The summed E-state index contributed by atoms with van der Waals surface area (Å²) in [7, 11) is -5.86. The van der Waals surface area contributed by atoms with Crippen LogP contribution in [0.25, 0.3) is 0 Å². The predicted octanol–water partition coefficient (Wildman–Crippen LogP) is 1.15. The van der Waals surface area contributed by atoms with Crippen molar-refractivity contribution in [1.82, 2.24) is 9.78 Å². The summed E-state index contributed by atoms with van der Waals surface area (Å²) in [6.07, 6.45) is 3.24. The molecule has 0 unspecified atom stereocenters. The number of hydrogen-bond donors (Lipinski definition) is 1. The van der Waals surface area contributed by atoms with Crippen LogP contribution in [0.5, 0.6) is 5.88 Å². The minimum atomic E-state index is -3.70. The maximum Gasteiger partial charge on any atom is 0.220 e. The number of carbonyl (C=O) groups excluding carboxylic acids is 1. The maximum absolute atomic E-state index is 13.1. The summed E-state index contributed by atoms with van der Waals surface area (Å²) in [5, 5.41) is 13.9. The third-order valence-corrected chi connectivity index (χ3v) is 6.47. The second-order valence-electron chi connectivity index (χ2n) is 6.79. The standard InChI is InChI=1S/C18H25N3O6S2/c1-6-21(7-2)16-14(11-28(4,24)25)12(8-9-15(16)29(5,26)27)17(22)13-10-19-20(3)18(13)23/h8-10,23H,6-7,11H2,1-5H3. The lowest BCUT2D eigenvalue weighted by Gasteiger charge is -2.27. The Balaban J connectivity index is 2.92. The summed E-state index contributed by atoms with van der Waals surface area (Å²) in [4.78, 5) is 14.8. The van der Waals surface area contributed by atoms with E-state index in [2.05, 4.69) is 5.10 Å². The van der Waals surface area contributed by atoms with E-state index >= 15 is 0 Å². The van der Waals surface area contributed by atoms with Gasteiger partial charge in [0.2, 0.25) is 5.88 Å². The molecule has 0 aliphatic rings. The van der Waals surface area contributed by atoms with E-state index in [1.54, 1.807) is 18.7 Å². The number of hydrogen-bond acceptors (Lipinski definition) is 8. The summed E-state index contributed by atoms with van der Waals surface area (Å²) in [5.41, 5.74) is 0.192. The van der Waals surface area contributed by atoms with Gasteiger partial charge in [0, 0.05) is 43.8 Å². The molecule has 0 radical (unpaired) electrons. The molecule has 0 saturated carbocycles. The van der Waals surface area contributed by atoms with Gasteiger partial charge in [0.1, 0.15) is 5.56 Å². The number of sulfone groups is 2. The first kappa shape index (κ1) is 22.9. The molecular weight excluding hydrogens is 418 g/mol. The molecule has 0 spiro atoms. The van der Waals surface area contributed by atoms with Crippen LogP contribution < -0.4 is 4.90 Å². The van der Waals surface area contributed by atoms with Gasteiger partial charge in [-0.1, -0.05) is 0 Å². The zero-order valence-electron chi connectivity index (χ0n) is 17.0. The Morgan fingerprint density at radius 1 is 1.10 bits per heavy atom. The van der Waals surface area contributed by atoms with E-state index in [4.69, 9.17) is 0 Å². The number of aromatic nitrogens is 2. The van der Waals surface area contributed by atoms with E-state index in [9.17, 15) is 26.7 Å². The highest BCUT2D eigenvalue weighted by Crippen LogP contribution is 2.35. The van der Waals surface area contributed by atoms with Crippen molar-refractivity contribution in [2.45, 2.75) is 24.5 Å². The third kappa shape index (κ3) is 4.78. The minimum Gasteiger partial charge on any atom is -0.493 e. The summed E-state index contributed by atoms with van der Waals surface area (Å²) in [6, 6.07) is 2.59. The van der Waals surface area contributed by atoms with Crippen LogP contribution in [0.1, 0.15) is 35.3 Å². The fourth-order valence-corrected chi connectivity index (χ4v) is 4.89. The van der Waals surface area contributed by atoms with Gasteiger partial charge in [0.25, 0.3) is 0 Å². The van der Waals surface area contributed by atoms with Gasteiger partial charge >= 0.3 is 0 Å². The highest BCUT2D eigenvalue weighted by atomic mass is 32.2. The highest BCUT2D eigenvalue weighted by Gasteiger charge is 2.29. The van der Waals surface area contributed by atoms with Gasteiger partial charge in [-0.15, -0.1) is 0 Å². The molecular formula is C18H25N3O6S2. The molecule has 29 heavy (non-hydrogen) atoms. The molecule has 11 heteroatoms. The lowest BCUT2D eigenvalue weighted by atomic mass is 9.98. The molecule has 0 amide bonds. The fraction of sp³-hybridized carbons (Fsp3) is 0.444. The SMILES string of the molecule is CCN(CC)c1c(S(C)(=O)=O)ccc(C(=O)c2cnn(C)c2O)c1CS(C)(=O)=O. The number of ketones is 1. The highest BCUT2D eigenvalue weighted by molar-refractivity contribution is 7.91. The zero-order chi connectivity index (χ0) is 22.1. The van der Waals surface area contributed by atoms with Crippen LogP contribution in [-0.4, -0.2) is 63.1 Å². The number of benzene rings is 1. The lowest BCUT2D eigenvalue weighted by Crippen LogP contribution is -2.27. The molecule has 2 rings (SSSR count). The molecule has 0 fully saturated rings. The van der Waals surface area contributed by atoms with Gasteiger partial charge in [-0.25, -0.2) is 21.5 Å². The van der Waals surface area contributed by atoms with Crippen molar-refractivity contribution in [2.75, 3.05) is 30.5 Å². The maximum atomic E-state index is 13.1. The Morgan fingerprint density at radius 2 is 1.69 bits per heavy atom. The van der Waals surface area contributed by atoms with E-state index in [1.807, 2.05) is 0 Å². The molecule has 1 aromatic carbocycles. The Labute approximate surface area is 170 Å². The minimum absolute atomic E-state index is 0.00743. The van der Waals surface area contributed by atoms with Crippen LogP contribution in [0.3, 0.4) is 0 Å². The van der Waals surface area contributed by atoms with Gasteiger partial charge in [-0.3, -0.25) is 4.79 Å². The molecule has 0 aliphatic heterocycles. The molecule has 9 nitrogen and oxygen atoms in total. The summed E-state index contributed by atoms with van der Waals surface area (Å²) in [6.45, 7) is 4.43. The molecule has 2 aromatic rings. The monoisotopic (exact) mass is 443 g/mol. The molecule has 1 aromatic heterocycles. The summed E-state index contributed by atoms with van der Waals surface area (Å²) in [5.74, 6) is -1.52. The number of nitrogens with zero attached hydrogens (tertiary/aromatic N) is 3. The third-order valence-electron chi connectivity index (χ3n) is 4.53. The second-order valence-corrected chi connectivity index (χ2v) is 10.9. The first-order valence-electron chi connectivity index (χ1n) is 8.86. The largest absolute Gasteiger partial charge is 0.493 e. The van der Waals surface area contributed by atoms with Crippen LogP contribution >= 0.6 is 0 Å². The van der Waals surface area contributed by atoms with Crippen molar-refractivity contribution in [3.8, 4) is 5.88 Å². The van der Waals surface area contributed by atoms with E-state index in [-0.39, 0.29) is 33.2 Å². The fourth-order valence-electron chi connectivity index (χ4n) is 3.16. The van der Waals surface area contributed by atoms with E-state index in [0.717, 1.165) is 17.2 Å². The van der Waals surface area contributed by atoms with E-state index in [0.29, 0.717) is 13.1 Å². The van der Waals surface area contributed by atoms with Crippen molar-refractivity contribution >= 4 is 31.1 Å². The van der Waals surface area contributed by atoms with Crippen LogP contribution in [-0.2, 0) is 32.5 Å². The normalized spacial score (nSPS) is 12.2. The van der Waals surface area contributed by atoms with Crippen molar-refractivity contribution in [2.24, 2.45) is 7.05 Å². The average molecular weight is 444 g/mol. The molecule has 0 saturated heterocycles. The molecule has 0 bridgehead atoms. The first-order valence-corrected chi connectivity index (χ1v) is 12.8. The Morgan fingerprint density at radius 3 is 2.10 bits per heavy atom. The number of rotatable bonds is 8. The van der Waals surface area contributed by atoms with Crippen molar-refractivity contribution < 1.29 is 26.7 Å². The van der Waals surface area contributed by atoms with Gasteiger partial charge in [0.05, 0.1) is 22.5 Å². The van der Waals surface area contributed by atoms with Gasteiger partial charge < -0.3 is 10.0 Å². The van der Waals surface area contributed by atoms with Gasteiger partial charge in [0.15, 0.2) is 25.5 Å². The Hall–Kier alpha value is -2.40. The second kappa shape index (κ2) is 8.15. The molecule has 1 heterocycles. The van der Waals surface area contributed by atoms with Crippen molar-refractivity contribution in [3.63, 3.8) is 0 Å². The van der Waals surface area contributed by atoms with Crippen LogP contribution in [0.4, 0.5) is 5.69 Å². The Bertz CT molecular complexity index is 1150. The number of aromatic hydroxyl groups is 1. The first-order chi connectivity index (χ1) is 13.3. The topological polar surface area (TPSA) is 127 Å². The van der Waals surface area contributed by atoms with Crippen LogP contribution in [0.2, 0.25) is 0 Å². The number of carbonyl (C=O) groups is 1. The van der Waals surface area contributed by atoms with Crippen LogP contribution in [0, 0.1) is 0 Å². The summed E-state index contributed by atoms with van der Waals surface area (Å²) >= 11 is 0. The smallest absolute Gasteiger partial charge is 0.220 e. The Kier molecular flexibility index (Phi) is 6.43. The molecule has 160 valence electrons.